The molecule has 5 rings (SSSR count). The third-order valence-corrected chi connectivity index (χ3v) is 8.60. The molecule has 0 saturated carbocycles. The van der Waals surface area contributed by atoms with Crippen molar-refractivity contribution >= 4 is 23.4 Å². The normalized spacial score (nSPS) is 16.5. The number of hydrogen-bond acceptors (Lipinski definition) is 7. The van der Waals surface area contributed by atoms with Gasteiger partial charge < -0.3 is 24.2 Å². The molecule has 9 heteroatoms. The number of aryl methyl sites for hydroxylation is 1. The van der Waals surface area contributed by atoms with E-state index in [0.29, 0.717) is 49.4 Å². The van der Waals surface area contributed by atoms with Crippen LogP contribution in [0.4, 0.5) is 11.5 Å². The van der Waals surface area contributed by atoms with Crippen molar-refractivity contribution in [2.24, 2.45) is 11.3 Å². The van der Waals surface area contributed by atoms with Gasteiger partial charge in [-0.05, 0) is 73.1 Å². The van der Waals surface area contributed by atoms with Crippen molar-refractivity contribution in [1.29, 1.82) is 0 Å². The highest BCUT2D eigenvalue weighted by Gasteiger charge is 2.42. The highest BCUT2D eigenvalue weighted by molar-refractivity contribution is 6.09. The highest BCUT2D eigenvalue weighted by Crippen LogP contribution is 2.38. The van der Waals surface area contributed by atoms with Gasteiger partial charge >= 0.3 is 5.97 Å². The number of rotatable bonds is 11. The molecule has 9 nitrogen and oxygen atoms in total. The molecule has 0 spiro atoms. The number of hydrogen-bond donors (Lipinski definition) is 1. The van der Waals surface area contributed by atoms with Crippen LogP contribution in [0.2, 0.25) is 0 Å². The SMILES string of the molecule is COc1ccc(C(=O)N(CC(C)(C)C)c2cccc(C)n2)c(N2CCC(COc3cccc(C4(CC(=O)O)COC4)c3)CC2)c1. The fourth-order valence-corrected chi connectivity index (χ4v) is 6.12. The Bertz CT molecular complexity index is 1500. The lowest BCUT2D eigenvalue weighted by molar-refractivity contribution is -0.145. The Hall–Kier alpha value is -4.11. The van der Waals surface area contributed by atoms with Crippen LogP contribution in [-0.2, 0) is 14.9 Å². The van der Waals surface area contributed by atoms with Crippen molar-refractivity contribution in [3.63, 3.8) is 0 Å². The number of anilines is 2. The lowest BCUT2D eigenvalue weighted by Crippen LogP contribution is -2.48. The Kier molecular flexibility index (Phi) is 9.68. The standard InChI is InChI=1S/C36H45N3O6/c1-25-8-6-11-32(37-25)39(22-35(2,3)4)34(42)30-13-12-28(43-5)19-31(30)38-16-14-26(15-17-38)21-45-29-10-7-9-27(18-29)36(20-33(40)41)23-44-24-36/h6-13,18-19,26H,14-17,20-24H2,1-5H3,(H,40,41). The van der Waals surface area contributed by atoms with E-state index in [1.165, 1.54) is 0 Å². The molecule has 240 valence electrons. The average Bonchev–Trinajstić information content (AvgIpc) is 3.00. The molecule has 1 amide bonds. The lowest BCUT2D eigenvalue weighted by Gasteiger charge is -2.41. The Labute approximate surface area is 266 Å². The number of aliphatic carboxylic acids is 1. The summed E-state index contributed by atoms with van der Waals surface area (Å²) in [6.45, 7) is 11.8. The first-order chi connectivity index (χ1) is 21.5. The van der Waals surface area contributed by atoms with Gasteiger partial charge in [0.15, 0.2) is 0 Å². The Morgan fingerprint density at radius 2 is 1.78 bits per heavy atom. The molecule has 0 unspecified atom stereocenters. The number of carbonyl (C=O) groups is 2. The molecule has 0 aliphatic carbocycles. The average molecular weight is 616 g/mol. The van der Waals surface area contributed by atoms with E-state index in [4.69, 9.17) is 19.2 Å². The van der Waals surface area contributed by atoms with E-state index in [1.807, 2.05) is 67.6 Å². The molecule has 0 atom stereocenters. The zero-order chi connectivity index (χ0) is 32.2. The van der Waals surface area contributed by atoms with Crippen LogP contribution in [0.25, 0.3) is 0 Å². The molecule has 2 aliphatic rings. The summed E-state index contributed by atoms with van der Waals surface area (Å²) < 4.78 is 17.2. The molecule has 2 saturated heterocycles. The number of methoxy groups -OCH3 is 1. The van der Waals surface area contributed by atoms with Gasteiger partial charge in [-0.2, -0.15) is 0 Å². The molecule has 2 aromatic carbocycles. The zero-order valence-corrected chi connectivity index (χ0v) is 27.0. The Balaban J connectivity index is 1.28. The second-order valence-corrected chi connectivity index (χ2v) is 13.6. The van der Waals surface area contributed by atoms with Gasteiger partial charge in [0.1, 0.15) is 17.3 Å². The monoisotopic (exact) mass is 615 g/mol. The predicted molar refractivity (Wildman–Crippen MR) is 175 cm³/mol. The molecular formula is C36H45N3O6. The van der Waals surface area contributed by atoms with Crippen LogP contribution in [0.1, 0.15) is 61.6 Å². The maximum absolute atomic E-state index is 14.3. The largest absolute Gasteiger partial charge is 0.497 e. The summed E-state index contributed by atoms with van der Waals surface area (Å²) in [5, 5.41) is 9.41. The molecule has 1 N–H and O–H groups in total. The third-order valence-electron chi connectivity index (χ3n) is 8.60. The number of carboxylic acid groups (broad SMARTS) is 1. The number of carboxylic acids is 1. The van der Waals surface area contributed by atoms with E-state index >= 15 is 0 Å². The predicted octanol–water partition coefficient (Wildman–Crippen LogP) is 6.13. The fourth-order valence-electron chi connectivity index (χ4n) is 6.12. The second-order valence-electron chi connectivity index (χ2n) is 13.6. The molecule has 1 aromatic heterocycles. The topological polar surface area (TPSA) is 101 Å². The first-order valence-electron chi connectivity index (χ1n) is 15.7. The van der Waals surface area contributed by atoms with Gasteiger partial charge in [-0.3, -0.25) is 14.5 Å². The van der Waals surface area contributed by atoms with Crippen molar-refractivity contribution < 1.29 is 28.9 Å². The van der Waals surface area contributed by atoms with Crippen molar-refractivity contribution in [2.75, 3.05) is 56.4 Å². The maximum Gasteiger partial charge on any atom is 0.304 e. The summed E-state index contributed by atoms with van der Waals surface area (Å²) in [6.07, 6.45) is 1.86. The second kappa shape index (κ2) is 13.5. The Morgan fingerprint density at radius 1 is 1.04 bits per heavy atom. The van der Waals surface area contributed by atoms with Gasteiger partial charge in [-0.15, -0.1) is 0 Å². The quantitative estimate of drug-likeness (QED) is 0.275. The summed E-state index contributed by atoms with van der Waals surface area (Å²) in [6, 6.07) is 19.2. The summed E-state index contributed by atoms with van der Waals surface area (Å²) >= 11 is 0. The third kappa shape index (κ3) is 7.76. The van der Waals surface area contributed by atoms with E-state index in [1.54, 1.807) is 12.0 Å². The first kappa shape index (κ1) is 32.3. The molecule has 3 heterocycles. The van der Waals surface area contributed by atoms with E-state index < -0.39 is 11.4 Å². The number of pyridine rings is 1. The minimum atomic E-state index is -0.828. The smallest absolute Gasteiger partial charge is 0.304 e. The van der Waals surface area contributed by atoms with Gasteiger partial charge in [0.25, 0.3) is 5.91 Å². The highest BCUT2D eigenvalue weighted by atomic mass is 16.5. The maximum atomic E-state index is 14.3. The van der Waals surface area contributed by atoms with E-state index in [0.717, 1.165) is 48.6 Å². The summed E-state index contributed by atoms with van der Waals surface area (Å²) in [5.41, 5.74) is 2.69. The summed E-state index contributed by atoms with van der Waals surface area (Å²) in [4.78, 5) is 34.5. The molecule has 45 heavy (non-hydrogen) atoms. The number of benzene rings is 2. The minimum Gasteiger partial charge on any atom is -0.497 e. The van der Waals surface area contributed by atoms with E-state index in [-0.39, 0.29) is 17.7 Å². The van der Waals surface area contributed by atoms with Crippen LogP contribution in [-0.4, -0.2) is 68.5 Å². The van der Waals surface area contributed by atoms with Crippen molar-refractivity contribution in [3.8, 4) is 11.5 Å². The van der Waals surface area contributed by atoms with E-state index in [9.17, 15) is 14.7 Å². The lowest BCUT2D eigenvalue weighted by atomic mass is 9.76. The van der Waals surface area contributed by atoms with Crippen molar-refractivity contribution in [2.45, 2.75) is 52.4 Å². The number of aromatic nitrogens is 1. The van der Waals surface area contributed by atoms with E-state index in [2.05, 4.69) is 25.7 Å². The number of ether oxygens (including phenoxy) is 3. The van der Waals surface area contributed by atoms with Crippen molar-refractivity contribution in [1.82, 2.24) is 4.98 Å². The molecule has 3 aromatic rings. The zero-order valence-electron chi connectivity index (χ0n) is 27.0. The number of amides is 1. The number of piperidine rings is 1. The van der Waals surface area contributed by atoms with Gasteiger partial charge in [-0.1, -0.05) is 39.0 Å². The molecule has 2 aliphatic heterocycles. The summed E-state index contributed by atoms with van der Waals surface area (Å²) in [7, 11) is 1.64. The molecule has 2 fully saturated rings. The fraction of sp³-hybridized carbons (Fsp3) is 0.472. The van der Waals surface area contributed by atoms with Crippen LogP contribution in [0.3, 0.4) is 0 Å². The van der Waals surface area contributed by atoms with Gasteiger partial charge in [0.05, 0.1) is 50.0 Å². The Morgan fingerprint density at radius 3 is 2.40 bits per heavy atom. The molecule has 0 radical (unpaired) electrons. The number of carbonyl (C=O) groups excluding carboxylic acids is 1. The summed E-state index contributed by atoms with van der Waals surface area (Å²) in [5.74, 6) is 1.55. The first-order valence-corrected chi connectivity index (χ1v) is 15.7. The molecule has 0 bridgehead atoms. The minimum absolute atomic E-state index is 0.0408. The van der Waals surface area contributed by atoms with Crippen LogP contribution < -0.4 is 19.3 Å². The van der Waals surface area contributed by atoms with Gasteiger partial charge in [0.2, 0.25) is 0 Å². The van der Waals surface area contributed by atoms with Crippen LogP contribution >= 0.6 is 0 Å². The van der Waals surface area contributed by atoms with Crippen LogP contribution in [0.15, 0.2) is 60.7 Å². The molecular weight excluding hydrogens is 570 g/mol. The number of nitrogens with zero attached hydrogens (tertiary/aromatic N) is 3. The van der Waals surface area contributed by atoms with Gasteiger partial charge in [-0.25, -0.2) is 4.98 Å². The van der Waals surface area contributed by atoms with Gasteiger partial charge in [0, 0.05) is 31.4 Å². The van der Waals surface area contributed by atoms with Crippen molar-refractivity contribution in [3.05, 3.63) is 77.5 Å². The van der Waals surface area contributed by atoms with Crippen LogP contribution in [0, 0.1) is 18.3 Å². The van der Waals surface area contributed by atoms with Crippen LogP contribution in [0.5, 0.6) is 11.5 Å².